The summed E-state index contributed by atoms with van der Waals surface area (Å²) in [6, 6.07) is 0. The lowest BCUT2D eigenvalue weighted by Crippen LogP contribution is -2.47. The van der Waals surface area contributed by atoms with Crippen LogP contribution in [0.2, 0.25) is 0 Å². The van der Waals surface area contributed by atoms with Gasteiger partial charge in [0.05, 0.1) is 5.01 Å². The molecule has 0 spiro atoms. The summed E-state index contributed by atoms with van der Waals surface area (Å²) in [5.74, 6) is 0.730. The average molecular weight is 225 g/mol. The first kappa shape index (κ1) is 11.0. The van der Waals surface area contributed by atoms with E-state index in [9.17, 15) is 0 Å². The first-order chi connectivity index (χ1) is 7.08. The zero-order valence-corrected chi connectivity index (χ0v) is 10.2. The van der Waals surface area contributed by atoms with Crippen LogP contribution in [0.25, 0.3) is 0 Å². The van der Waals surface area contributed by atoms with Crippen molar-refractivity contribution in [3.8, 4) is 0 Å². The van der Waals surface area contributed by atoms with Gasteiger partial charge in [0, 0.05) is 29.7 Å². The Kier molecular flexibility index (Phi) is 3.09. The molecule has 0 aromatic carbocycles. The van der Waals surface area contributed by atoms with Crippen molar-refractivity contribution in [2.24, 2.45) is 11.7 Å². The predicted octanol–water partition coefficient (Wildman–Crippen LogP) is 1.67. The first-order valence-electron chi connectivity index (χ1n) is 5.49. The lowest BCUT2D eigenvalue weighted by Gasteiger charge is -2.24. The minimum absolute atomic E-state index is 0.0280. The topological polar surface area (TPSA) is 50.9 Å². The molecule has 1 aliphatic carbocycles. The normalized spacial score (nSPS) is 20.2. The molecule has 1 saturated carbocycles. The molecule has 0 aliphatic heterocycles. The second-order valence-corrected chi connectivity index (χ2v) is 6.05. The molecule has 2 rings (SSSR count). The van der Waals surface area contributed by atoms with Crippen LogP contribution >= 0.6 is 11.3 Å². The van der Waals surface area contributed by atoms with Gasteiger partial charge in [0.2, 0.25) is 0 Å². The highest BCUT2D eigenvalue weighted by Crippen LogP contribution is 2.37. The standard InChI is InChI=1S/C11H19N3S/c1-8-14-6-10(15-8)5-13-7-11(2,12)9-3-4-9/h6,9,13H,3-5,7,12H2,1-2H3. The molecule has 1 aliphatic rings. The summed E-state index contributed by atoms with van der Waals surface area (Å²) in [4.78, 5) is 5.52. The first-order valence-corrected chi connectivity index (χ1v) is 6.30. The summed E-state index contributed by atoms with van der Waals surface area (Å²) >= 11 is 1.75. The molecule has 0 bridgehead atoms. The van der Waals surface area contributed by atoms with Crippen molar-refractivity contribution in [1.29, 1.82) is 0 Å². The van der Waals surface area contributed by atoms with E-state index in [0.29, 0.717) is 0 Å². The Hall–Kier alpha value is -0.450. The van der Waals surface area contributed by atoms with Crippen molar-refractivity contribution in [1.82, 2.24) is 10.3 Å². The van der Waals surface area contributed by atoms with E-state index in [1.807, 2.05) is 13.1 Å². The van der Waals surface area contributed by atoms with Crippen LogP contribution in [0.4, 0.5) is 0 Å². The zero-order chi connectivity index (χ0) is 10.9. The highest BCUT2D eigenvalue weighted by Gasteiger charge is 2.37. The number of nitrogens with two attached hydrogens (primary N) is 1. The maximum absolute atomic E-state index is 6.22. The largest absolute Gasteiger partial charge is 0.324 e. The Morgan fingerprint density at radius 1 is 1.67 bits per heavy atom. The number of nitrogens with one attached hydrogen (secondary N) is 1. The summed E-state index contributed by atoms with van der Waals surface area (Å²) in [7, 11) is 0. The van der Waals surface area contributed by atoms with Gasteiger partial charge in [0.25, 0.3) is 0 Å². The van der Waals surface area contributed by atoms with Crippen molar-refractivity contribution >= 4 is 11.3 Å². The van der Waals surface area contributed by atoms with Gasteiger partial charge < -0.3 is 11.1 Å². The van der Waals surface area contributed by atoms with E-state index in [0.717, 1.165) is 24.0 Å². The Labute approximate surface area is 95.1 Å². The number of hydrogen-bond acceptors (Lipinski definition) is 4. The fourth-order valence-electron chi connectivity index (χ4n) is 1.83. The molecule has 1 aromatic heterocycles. The molecule has 0 radical (unpaired) electrons. The monoisotopic (exact) mass is 225 g/mol. The summed E-state index contributed by atoms with van der Waals surface area (Å²) in [6.07, 6.45) is 4.54. The van der Waals surface area contributed by atoms with Crippen LogP contribution in [0.3, 0.4) is 0 Å². The Balaban J connectivity index is 1.74. The predicted molar refractivity (Wildman–Crippen MR) is 63.9 cm³/mol. The van der Waals surface area contributed by atoms with E-state index in [1.54, 1.807) is 11.3 Å². The van der Waals surface area contributed by atoms with Crippen molar-refractivity contribution in [2.45, 2.75) is 38.8 Å². The van der Waals surface area contributed by atoms with Crippen molar-refractivity contribution in [2.75, 3.05) is 6.54 Å². The fourth-order valence-corrected chi connectivity index (χ4v) is 2.59. The van der Waals surface area contributed by atoms with E-state index in [1.165, 1.54) is 17.7 Å². The van der Waals surface area contributed by atoms with Crippen LogP contribution in [0, 0.1) is 12.8 Å². The lowest BCUT2D eigenvalue weighted by atomic mass is 9.97. The molecule has 1 unspecified atom stereocenters. The molecule has 15 heavy (non-hydrogen) atoms. The third kappa shape index (κ3) is 3.00. The molecule has 1 aromatic rings. The van der Waals surface area contributed by atoms with Crippen molar-refractivity contribution in [3.63, 3.8) is 0 Å². The molecule has 1 heterocycles. The second-order valence-electron chi connectivity index (χ2n) is 4.73. The lowest BCUT2D eigenvalue weighted by molar-refractivity contribution is 0.380. The third-order valence-corrected chi connectivity index (χ3v) is 3.90. The maximum Gasteiger partial charge on any atom is 0.0897 e. The van der Waals surface area contributed by atoms with Gasteiger partial charge >= 0.3 is 0 Å². The minimum Gasteiger partial charge on any atom is -0.324 e. The molecule has 1 atom stereocenters. The fraction of sp³-hybridized carbons (Fsp3) is 0.727. The van der Waals surface area contributed by atoms with Crippen LogP contribution in [0.5, 0.6) is 0 Å². The van der Waals surface area contributed by atoms with Gasteiger partial charge in [0.1, 0.15) is 0 Å². The van der Waals surface area contributed by atoms with E-state index in [2.05, 4.69) is 17.2 Å². The number of aryl methyl sites for hydroxylation is 1. The van der Waals surface area contributed by atoms with Gasteiger partial charge in [-0.25, -0.2) is 4.98 Å². The van der Waals surface area contributed by atoms with E-state index in [4.69, 9.17) is 5.73 Å². The smallest absolute Gasteiger partial charge is 0.0897 e. The number of rotatable bonds is 5. The summed E-state index contributed by atoms with van der Waals surface area (Å²) in [5.41, 5.74) is 6.19. The molecule has 3 N–H and O–H groups in total. The molecule has 0 saturated heterocycles. The maximum atomic E-state index is 6.22. The molecule has 1 fully saturated rings. The second kappa shape index (κ2) is 4.20. The number of aromatic nitrogens is 1. The molecule has 3 nitrogen and oxygen atoms in total. The molecular weight excluding hydrogens is 206 g/mol. The molecule has 84 valence electrons. The summed E-state index contributed by atoms with van der Waals surface area (Å²) in [5, 5.41) is 4.55. The van der Waals surface area contributed by atoms with Gasteiger partial charge in [-0.3, -0.25) is 0 Å². The van der Waals surface area contributed by atoms with Crippen LogP contribution < -0.4 is 11.1 Å². The highest BCUT2D eigenvalue weighted by atomic mass is 32.1. The van der Waals surface area contributed by atoms with Crippen molar-refractivity contribution in [3.05, 3.63) is 16.1 Å². The van der Waals surface area contributed by atoms with Crippen LogP contribution in [-0.4, -0.2) is 17.1 Å². The highest BCUT2D eigenvalue weighted by molar-refractivity contribution is 7.11. The van der Waals surface area contributed by atoms with E-state index >= 15 is 0 Å². The number of nitrogens with zero attached hydrogens (tertiary/aromatic N) is 1. The van der Waals surface area contributed by atoms with E-state index in [-0.39, 0.29) is 5.54 Å². The molecule has 0 amide bonds. The Morgan fingerprint density at radius 3 is 2.93 bits per heavy atom. The van der Waals surface area contributed by atoms with Gasteiger partial charge in [-0.2, -0.15) is 0 Å². The molecular formula is C11H19N3S. The van der Waals surface area contributed by atoms with Crippen LogP contribution in [0.15, 0.2) is 6.20 Å². The SMILES string of the molecule is Cc1ncc(CNCC(C)(N)C2CC2)s1. The number of hydrogen-bond donors (Lipinski definition) is 2. The van der Waals surface area contributed by atoms with E-state index < -0.39 is 0 Å². The summed E-state index contributed by atoms with van der Waals surface area (Å²) in [6.45, 7) is 5.97. The average Bonchev–Trinajstić information content (AvgIpc) is 2.92. The minimum atomic E-state index is -0.0280. The zero-order valence-electron chi connectivity index (χ0n) is 9.42. The van der Waals surface area contributed by atoms with Crippen LogP contribution in [0.1, 0.15) is 29.7 Å². The van der Waals surface area contributed by atoms with Gasteiger partial charge in [-0.05, 0) is 32.6 Å². The Bertz CT molecular complexity index is 328. The number of thiazole rings is 1. The van der Waals surface area contributed by atoms with Gasteiger partial charge in [-0.15, -0.1) is 11.3 Å². The summed E-state index contributed by atoms with van der Waals surface area (Å²) < 4.78 is 0. The van der Waals surface area contributed by atoms with Crippen molar-refractivity contribution < 1.29 is 0 Å². The van der Waals surface area contributed by atoms with Gasteiger partial charge in [-0.1, -0.05) is 0 Å². The quantitative estimate of drug-likeness (QED) is 0.801. The Morgan fingerprint density at radius 2 is 2.40 bits per heavy atom. The van der Waals surface area contributed by atoms with Crippen LogP contribution in [-0.2, 0) is 6.54 Å². The van der Waals surface area contributed by atoms with Gasteiger partial charge in [0.15, 0.2) is 0 Å². The third-order valence-electron chi connectivity index (χ3n) is 2.98. The molecule has 4 heteroatoms.